The van der Waals surface area contributed by atoms with Crippen LogP contribution in [-0.4, -0.2) is 18.1 Å². The lowest BCUT2D eigenvalue weighted by molar-refractivity contribution is -0.105. The molecule has 0 radical (unpaired) electrons. The van der Waals surface area contributed by atoms with E-state index in [-0.39, 0.29) is 6.54 Å². The standard InChI is InChI=1S/C16H16N4O3/c17-20-19-9-15(22)13-6-7-16(14(8-13)18-11-21)23-10-12-4-2-1-3-5-12/h1-8,11,15,22H,9-10H2,(H,18,21)/t15-/m0/s1. The molecule has 2 N–H and O–H groups in total. The SMILES string of the molecule is [N-]=[N+]=NC[C@H](O)c1ccc(OCc2ccccc2)c(NC=O)c1. The van der Waals surface area contributed by atoms with Crippen molar-refractivity contribution in [2.45, 2.75) is 12.7 Å². The van der Waals surface area contributed by atoms with Crippen molar-refractivity contribution in [3.8, 4) is 5.75 Å². The van der Waals surface area contributed by atoms with Crippen molar-refractivity contribution in [3.63, 3.8) is 0 Å². The smallest absolute Gasteiger partial charge is 0.211 e. The Kier molecular flexibility index (Phi) is 5.99. The first-order valence-corrected chi connectivity index (χ1v) is 6.94. The van der Waals surface area contributed by atoms with Crippen LogP contribution in [0.25, 0.3) is 10.4 Å². The van der Waals surface area contributed by atoms with Crippen LogP contribution in [0.1, 0.15) is 17.2 Å². The second kappa shape index (κ2) is 8.43. The molecule has 0 saturated heterocycles. The summed E-state index contributed by atoms with van der Waals surface area (Å²) in [5.74, 6) is 0.487. The third-order valence-corrected chi connectivity index (χ3v) is 3.16. The average Bonchev–Trinajstić information content (AvgIpc) is 2.59. The van der Waals surface area contributed by atoms with Gasteiger partial charge in [0, 0.05) is 4.91 Å². The van der Waals surface area contributed by atoms with Crippen molar-refractivity contribution < 1.29 is 14.6 Å². The van der Waals surface area contributed by atoms with Crippen molar-refractivity contribution in [2.24, 2.45) is 5.11 Å². The van der Waals surface area contributed by atoms with Gasteiger partial charge in [0.25, 0.3) is 0 Å². The van der Waals surface area contributed by atoms with Crippen molar-refractivity contribution >= 4 is 12.1 Å². The molecule has 0 spiro atoms. The van der Waals surface area contributed by atoms with Gasteiger partial charge in [0.15, 0.2) is 0 Å². The minimum Gasteiger partial charge on any atom is -0.487 e. The fourth-order valence-electron chi connectivity index (χ4n) is 2.01. The third kappa shape index (κ3) is 4.74. The molecule has 7 nitrogen and oxygen atoms in total. The molecule has 0 aliphatic rings. The Hall–Kier alpha value is -3.02. The van der Waals surface area contributed by atoms with Crippen LogP contribution in [0.2, 0.25) is 0 Å². The van der Waals surface area contributed by atoms with Gasteiger partial charge in [-0.25, -0.2) is 0 Å². The molecule has 2 aromatic carbocycles. The second-order valence-electron chi connectivity index (χ2n) is 4.72. The van der Waals surface area contributed by atoms with Gasteiger partial charge in [0.2, 0.25) is 6.41 Å². The summed E-state index contributed by atoms with van der Waals surface area (Å²) in [6.07, 6.45) is -0.407. The molecule has 1 amide bonds. The highest BCUT2D eigenvalue weighted by Crippen LogP contribution is 2.29. The first-order chi connectivity index (χ1) is 11.2. The van der Waals surface area contributed by atoms with Gasteiger partial charge in [-0.3, -0.25) is 4.79 Å². The van der Waals surface area contributed by atoms with E-state index in [9.17, 15) is 9.90 Å². The molecular formula is C16H16N4O3. The molecule has 118 valence electrons. The number of aliphatic hydroxyl groups is 1. The number of hydrogen-bond donors (Lipinski definition) is 2. The summed E-state index contributed by atoms with van der Waals surface area (Å²) in [6.45, 7) is 0.274. The maximum absolute atomic E-state index is 10.8. The van der Waals surface area contributed by atoms with Crippen LogP contribution in [0.4, 0.5) is 5.69 Å². The van der Waals surface area contributed by atoms with Crippen LogP contribution in [-0.2, 0) is 11.4 Å². The van der Waals surface area contributed by atoms with Crippen molar-refractivity contribution in [3.05, 3.63) is 70.1 Å². The lowest BCUT2D eigenvalue weighted by Gasteiger charge is -2.14. The fraction of sp³-hybridized carbons (Fsp3) is 0.188. The van der Waals surface area contributed by atoms with E-state index in [1.54, 1.807) is 18.2 Å². The Morgan fingerprint density at radius 2 is 2.09 bits per heavy atom. The molecule has 2 aromatic rings. The summed E-state index contributed by atoms with van der Waals surface area (Å²) in [4.78, 5) is 13.4. The molecule has 1 atom stereocenters. The van der Waals surface area contributed by atoms with Gasteiger partial charge in [0.1, 0.15) is 12.4 Å². The van der Waals surface area contributed by atoms with Gasteiger partial charge in [-0.15, -0.1) is 0 Å². The number of amides is 1. The van der Waals surface area contributed by atoms with E-state index in [2.05, 4.69) is 15.3 Å². The number of benzene rings is 2. The molecule has 0 unspecified atom stereocenters. The lowest BCUT2D eigenvalue weighted by atomic mass is 10.1. The largest absolute Gasteiger partial charge is 0.487 e. The molecule has 0 fully saturated rings. The second-order valence-corrected chi connectivity index (χ2v) is 4.72. The number of hydrogen-bond acceptors (Lipinski definition) is 4. The number of nitrogens with zero attached hydrogens (tertiary/aromatic N) is 3. The van der Waals surface area contributed by atoms with E-state index >= 15 is 0 Å². The summed E-state index contributed by atoms with van der Waals surface area (Å²) < 4.78 is 5.71. The van der Waals surface area contributed by atoms with E-state index in [0.29, 0.717) is 30.0 Å². The number of carbonyl (C=O) groups excluding carboxylic acids is 1. The molecule has 0 saturated carbocycles. The lowest BCUT2D eigenvalue weighted by Crippen LogP contribution is -2.05. The maximum atomic E-state index is 10.8. The van der Waals surface area contributed by atoms with Crippen molar-refractivity contribution in [1.82, 2.24) is 0 Å². The van der Waals surface area contributed by atoms with Crippen molar-refractivity contribution in [2.75, 3.05) is 11.9 Å². The zero-order valence-corrected chi connectivity index (χ0v) is 12.3. The Bertz CT molecular complexity index is 700. The Morgan fingerprint density at radius 1 is 1.30 bits per heavy atom. The molecule has 23 heavy (non-hydrogen) atoms. The van der Waals surface area contributed by atoms with Gasteiger partial charge in [-0.2, -0.15) is 0 Å². The molecule has 0 aliphatic carbocycles. The Morgan fingerprint density at radius 3 is 2.78 bits per heavy atom. The fourth-order valence-corrected chi connectivity index (χ4v) is 2.01. The normalized spacial score (nSPS) is 11.2. The first kappa shape index (κ1) is 16.4. The number of carbonyl (C=O) groups is 1. The van der Waals surface area contributed by atoms with Crippen LogP contribution in [0.3, 0.4) is 0 Å². The highest BCUT2D eigenvalue weighted by atomic mass is 16.5. The summed E-state index contributed by atoms with van der Waals surface area (Å²) >= 11 is 0. The summed E-state index contributed by atoms with van der Waals surface area (Å²) in [7, 11) is 0. The molecule has 0 aliphatic heterocycles. The van der Waals surface area contributed by atoms with Crippen LogP contribution in [0.5, 0.6) is 5.75 Å². The van der Waals surface area contributed by atoms with E-state index in [1.165, 1.54) is 0 Å². The molecule has 0 bridgehead atoms. The monoisotopic (exact) mass is 312 g/mol. The molecule has 0 heterocycles. The highest BCUT2D eigenvalue weighted by Gasteiger charge is 2.11. The van der Waals surface area contributed by atoms with Crippen LogP contribution in [0, 0.1) is 0 Å². The Labute approximate surface area is 133 Å². The number of anilines is 1. The van der Waals surface area contributed by atoms with Gasteiger partial charge >= 0.3 is 0 Å². The minimum atomic E-state index is -0.943. The number of azide groups is 1. The topological polar surface area (TPSA) is 107 Å². The van der Waals surface area contributed by atoms with Crippen LogP contribution in [0.15, 0.2) is 53.6 Å². The Balaban J connectivity index is 2.15. The van der Waals surface area contributed by atoms with E-state index in [0.717, 1.165) is 5.56 Å². The number of ether oxygens (including phenoxy) is 1. The third-order valence-electron chi connectivity index (χ3n) is 3.16. The minimum absolute atomic E-state index is 0.0821. The van der Waals surface area contributed by atoms with Crippen molar-refractivity contribution in [1.29, 1.82) is 0 Å². The molecule has 7 heteroatoms. The van der Waals surface area contributed by atoms with Crippen LogP contribution >= 0.6 is 0 Å². The average molecular weight is 312 g/mol. The van der Waals surface area contributed by atoms with Gasteiger partial charge < -0.3 is 15.2 Å². The summed E-state index contributed by atoms with van der Waals surface area (Å²) in [5, 5.41) is 15.8. The molecular weight excluding hydrogens is 296 g/mol. The van der Waals surface area contributed by atoms with E-state index in [1.807, 2.05) is 30.3 Å². The van der Waals surface area contributed by atoms with Gasteiger partial charge in [-0.1, -0.05) is 41.5 Å². The summed E-state index contributed by atoms with van der Waals surface area (Å²) in [5.41, 5.74) is 10.2. The number of nitrogens with one attached hydrogen (secondary N) is 1. The number of aliphatic hydroxyl groups excluding tert-OH is 1. The van der Waals surface area contributed by atoms with Gasteiger partial charge in [0.05, 0.1) is 18.3 Å². The summed E-state index contributed by atoms with van der Waals surface area (Å²) in [6, 6.07) is 14.5. The van der Waals surface area contributed by atoms with Crippen LogP contribution < -0.4 is 10.1 Å². The predicted octanol–water partition coefficient (Wildman–Crippen LogP) is 3.18. The highest BCUT2D eigenvalue weighted by molar-refractivity contribution is 5.75. The predicted molar refractivity (Wildman–Crippen MR) is 85.9 cm³/mol. The molecule has 2 rings (SSSR count). The zero-order valence-electron chi connectivity index (χ0n) is 12.3. The maximum Gasteiger partial charge on any atom is 0.211 e. The van der Waals surface area contributed by atoms with Gasteiger partial charge in [-0.05, 0) is 28.8 Å². The van der Waals surface area contributed by atoms with E-state index in [4.69, 9.17) is 10.3 Å². The first-order valence-electron chi connectivity index (χ1n) is 6.94. The molecule has 0 aromatic heterocycles. The quantitative estimate of drug-likeness (QED) is 0.338. The van der Waals surface area contributed by atoms with E-state index < -0.39 is 6.10 Å². The number of rotatable bonds is 8. The zero-order chi connectivity index (χ0) is 16.5.